The molecule has 2 amide bonds. The molecule has 4 N–H and O–H groups in total. The van der Waals surface area contributed by atoms with Crippen LogP contribution in [-0.2, 0) is 9.59 Å². The Hall–Kier alpha value is -1.14. The number of nitrogens with zero attached hydrogens (tertiary/aromatic N) is 1. The summed E-state index contributed by atoms with van der Waals surface area (Å²) in [6, 6.07) is -0.0583. The molecule has 1 aliphatic heterocycles. The van der Waals surface area contributed by atoms with E-state index < -0.39 is 0 Å². The Balaban J connectivity index is 2.17. The molecule has 1 saturated heterocycles. The number of amides is 2. The van der Waals surface area contributed by atoms with Gasteiger partial charge in [0.2, 0.25) is 11.8 Å². The third-order valence-electron chi connectivity index (χ3n) is 2.89. The van der Waals surface area contributed by atoms with E-state index in [1.807, 2.05) is 6.92 Å². The maximum Gasteiger partial charge on any atom is 0.237 e. The van der Waals surface area contributed by atoms with E-state index >= 15 is 0 Å². The molecule has 0 aromatic heterocycles. The zero-order valence-electron chi connectivity index (χ0n) is 9.66. The molecule has 1 fully saturated rings. The van der Waals surface area contributed by atoms with Crippen LogP contribution in [0.25, 0.3) is 0 Å². The Labute approximate surface area is 95.5 Å². The lowest BCUT2D eigenvalue weighted by molar-refractivity contribution is -0.128. The number of hydrogen-bond acceptors (Lipinski definition) is 4. The average molecular weight is 228 g/mol. The molecule has 92 valence electrons. The lowest BCUT2D eigenvalue weighted by atomic mass is 10.1. The number of piperazine rings is 1. The molecule has 1 heterocycles. The van der Waals surface area contributed by atoms with E-state index in [4.69, 9.17) is 5.84 Å². The molecular weight excluding hydrogens is 208 g/mol. The second kappa shape index (κ2) is 6.44. The van der Waals surface area contributed by atoms with Crippen molar-refractivity contribution in [2.24, 2.45) is 5.84 Å². The fourth-order valence-corrected chi connectivity index (χ4v) is 1.81. The summed E-state index contributed by atoms with van der Waals surface area (Å²) in [5, 5.41) is 2.82. The molecule has 0 aromatic carbocycles. The number of hydrazine groups is 1. The van der Waals surface area contributed by atoms with Crippen LogP contribution in [0.5, 0.6) is 0 Å². The Morgan fingerprint density at radius 2 is 2.38 bits per heavy atom. The summed E-state index contributed by atoms with van der Waals surface area (Å²) in [5.74, 6) is 4.93. The van der Waals surface area contributed by atoms with E-state index in [-0.39, 0.29) is 17.9 Å². The molecule has 0 aliphatic carbocycles. The van der Waals surface area contributed by atoms with Gasteiger partial charge in [0, 0.05) is 19.5 Å². The second-order valence-corrected chi connectivity index (χ2v) is 4.03. The van der Waals surface area contributed by atoms with E-state index in [9.17, 15) is 9.59 Å². The first-order valence-electron chi connectivity index (χ1n) is 5.66. The number of rotatable bonds is 5. The lowest BCUT2D eigenvalue weighted by Gasteiger charge is -2.32. The summed E-state index contributed by atoms with van der Waals surface area (Å²) in [7, 11) is 0. The Bertz CT molecular complexity index is 257. The van der Waals surface area contributed by atoms with Crippen LogP contribution >= 0.6 is 0 Å². The standard InChI is InChI=1S/C10H20N4O2/c1-8-10(16)12-5-7-14(8)6-3-2-4-9(15)13-11/h8H,2-7,11H2,1H3,(H,12,16)(H,13,15). The zero-order valence-corrected chi connectivity index (χ0v) is 9.66. The minimum absolute atomic E-state index is 0.0583. The van der Waals surface area contributed by atoms with Crippen molar-refractivity contribution in [1.82, 2.24) is 15.6 Å². The van der Waals surface area contributed by atoms with Gasteiger partial charge in [0.15, 0.2) is 0 Å². The van der Waals surface area contributed by atoms with Gasteiger partial charge in [0.1, 0.15) is 0 Å². The molecule has 0 spiro atoms. The monoisotopic (exact) mass is 228 g/mol. The summed E-state index contributed by atoms with van der Waals surface area (Å²) in [5.41, 5.74) is 2.10. The normalized spacial score (nSPS) is 21.6. The fourth-order valence-electron chi connectivity index (χ4n) is 1.81. The van der Waals surface area contributed by atoms with Crippen molar-refractivity contribution < 1.29 is 9.59 Å². The maximum atomic E-state index is 11.4. The molecule has 0 bridgehead atoms. The fraction of sp³-hybridized carbons (Fsp3) is 0.800. The van der Waals surface area contributed by atoms with Crippen molar-refractivity contribution in [2.75, 3.05) is 19.6 Å². The maximum absolute atomic E-state index is 11.4. The van der Waals surface area contributed by atoms with Crippen molar-refractivity contribution >= 4 is 11.8 Å². The van der Waals surface area contributed by atoms with E-state index in [1.54, 1.807) is 0 Å². The summed E-state index contributed by atoms with van der Waals surface area (Å²) < 4.78 is 0. The molecule has 1 aliphatic rings. The second-order valence-electron chi connectivity index (χ2n) is 4.03. The van der Waals surface area contributed by atoms with Crippen LogP contribution in [0.15, 0.2) is 0 Å². The number of unbranched alkanes of at least 4 members (excludes halogenated alkanes) is 1. The third-order valence-corrected chi connectivity index (χ3v) is 2.89. The topological polar surface area (TPSA) is 87.5 Å². The van der Waals surface area contributed by atoms with Gasteiger partial charge >= 0.3 is 0 Å². The van der Waals surface area contributed by atoms with Crippen LogP contribution in [0.3, 0.4) is 0 Å². The quantitative estimate of drug-likeness (QED) is 0.243. The summed E-state index contributed by atoms with van der Waals surface area (Å²) >= 11 is 0. The number of carbonyl (C=O) groups excluding carboxylic acids is 2. The highest BCUT2D eigenvalue weighted by Crippen LogP contribution is 2.06. The number of nitrogens with one attached hydrogen (secondary N) is 2. The van der Waals surface area contributed by atoms with Gasteiger partial charge in [-0.2, -0.15) is 0 Å². The molecule has 1 atom stereocenters. The molecule has 1 rings (SSSR count). The Kier molecular flexibility index (Phi) is 5.21. The van der Waals surface area contributed by atoms with Gasteiger partial charge in [-0.3, -0.25) is 19.9 Å². The number of hydrogen-bond donors (Lipinski definition) is 3. The molecule has 16 heavy (non-hydrogen) atoms. The van der Waals surface area contributed by atoms with E-state index in [2.05, 4.69) is 15.6 Å². The van der Waals surface area contributed by atoms with Crippen molar-refractivity contribution in [3.8, 4) is 0 Å². The predicted molar refractivity (Wildman–Crippen MR) is 60.2 cm³/mol. The molecule has 0 aromatic rings. The third kappa shape index (κ3) is 3.79. The highest BCUT2D eigenvalue weighted by atomic mass is 16.2. The lowest BCUT2D eigenvalue weighted by Crippen LogP contribution is -2.53. The summed E-state index contributed by atoms with van der Waals surface area (Å²) in [6.07, 6.45) is 2.16. The molecule has 1 unspecified atom stereocenters. The highest BCUT2D eigenvalue weighted by molar-refractivity contribution is 5.81. The molecular formula is C10H20N4O2. The summed E-state index contributed by atoms with van der Waals surface area (Å²) in [6.45, 7) is 4.36. The molecule has 0 radical (unpaired) electrons. The van der Waals surface area contributed by atoms with Gasteiger partial charge < -0.3 is 5.32 Å². The summed E-state index contributed by atoms with van der Waals surface area (Å²) in [4.78, 5) is 24.4. The first-order valence-corrected chi connectivity index (χ1v) is 5.66. The first kappa shape index (κ1) is 12.9. The number of nitrogens with two attached hydrogens (primary N) is 1. The van der Waals surface area contributed by atoms with Gasteiger partial charge in [-0.1, -0.05) is 0 Å². The number of carbonyl (C=O) groups is 2. The van der Waals surface area contributed by atoms with Gasteiger partial charge in [-0.25, -0.2) is 5.84 Å². The van der Waals surface area contributed by atoms with Crippen molar-refractivity contribution in [3.05, 3.63) is 0 Å². The van der Waals surface area contributed by atoms with Crippen molar-refractivity contribution in [1.29, 1.82) is 0 Å². The van der Waals surface area contributed by atoms with Gasteiger partial charge in [0.05, 0.1) is 6.04 Å². The average Bonchev–Trinajstić information content (AvgIpc) is 2.29. The largest absolute Gasteiger partial charge is 0.353 e. The van der Waals surface area contributed by atoms with Crippen molar-refractivity contribution in [2.45, 2.75) is 32.2 Å². The Morgan fingerprint density at radius 3 is 3.06 bits per heavy atom. The van der Waals surface area contributed by atoms with Crippen LogP contribution in [0, 0.1) is 0 Å². The van der Waals surface area contributed by atoms with Crippen molar-refractivity contribution in [3.63, 3.8) is 0 Å². The minimum atomic E-state index is -0.135. The predicted octanol–water partition coefficient (Wildman–Crippen LogP) is -1.03. The van der Waals surface area contributed by atoms with Gasteiger partial charge in [-0.15, -0.1) is 0 Å². The van der Waals surface area contributed by atoms with Crippen LogP contribution < -0.4 is 16.6 Å². The first-order chi connectivity index (χ1) is 7.65. The molecule has 0 saturated carbocycles. The van der Waals surface area contributed by atoms with E-state index in [0.29, 0.717) is 13.0 Å². The smallest absolute Gasteiger partial charge is 0.237 e. The van der Waals surface area contributed by atoms with Gasteiger partial charge in [-0.05, 0) is 26.3 Å². The molecule has 6 heteroatoms. The zero-order chi connectivity index (χ0) is 12.0. The van der Waals surface area contributed by atoms with E-state index in [0.717, 1.165) is 25.9 Å². The minimum Gasteiger partial charge on any atom is -0.353 e. The van der Waals surface area contributed by atoms with Crippen LogP contribution in [0.4, 0.5) is 0 Å². The molecule has 6 nitrogen and oxygen atoms in total. The van der Waals surface area contributed by atoms with Crippen LogP contribution in [0.1, 0.15) is 26.2 Å². The van der Waals surface area contributed by atoms with E-state index in [1.165, 1.54) is 0 Å². The van der Waals surface area contributed by atoms with Gasteiger partial charge in [0.25, 0.3) is 0 Å². The van der Waals surface area contributed by atoms with Crippen LogP contribution in [0.2, 0.25) is 0 Å². The van der Waals surface area contributed by atoms with Crippen LogP contribution in [-0.4, -0.2) is 42.4 Å². The highest BCUT2D eigenvalue weighted by Gasteiger charge is 2.24. The Morgan fingerprint density at radius 1 is 1.62 bits per heavy atom. The SMILES string of the molecule is CC1C(=O)NCCN1CCCCC(=O)NN.